The van der Waals surface area contributed by atoms with Crippen LogP contribution in [-0.2, 0) is 11.3 Å². The lowest BCUT2D eigenvalue weighted by atomic mass is 9.98. The van der Waals surface area contributed by atoms with Crippen LogP contribution >= 0.6 is 0 Å². The first kappa shape index (κ1) is 18.5. The van der Waals surface area contributed by atoms with Crippen molar-refractivity contribution in [1.82, 2.24) is 14.6 Å². The number of H-pyrrole nitrogens is 1. The van der Waals surface area contributed by atoms with Crippen LogP contribution < -0.4 is 20.7 Å². The fourth-order valence-electron chi connectivity index (χ4n) is 3.45. The molecule has 1 aromatic heterocycles. The molecule has 150 valence electrons. The Hall–Kier alpha value is -3.82. The zero-order chi connectivity index (χ0) is 20.7. The van der Waals surface area contributed by atoms with Gasteiger partial charge in [0.1, 0.15) is 5.56 Å². The molecule has 1 amide bonds. The standard InChI is InChI=1S/C19H18N4O6/c1-3-6-22-18(26)16(17(25)20-19(22)27)12-8-13(23(21-12)10(2)24)11-4-5-14-15(7-11)29-9-28-14/h3-5,7,13,26H,1,6,8-9H2,2H3,(H,20,25,27)/t13-/m1/s1. The third-order valence-corrected chi connectivity index (χ3v) is 4.79. The second-order valence-electron chi connectivity index (χ2n) is 6.60. The summed E-state index contributed by atoms with van der Waals surface area (Å²) in [7, 11) is 0. The molecule has 0 saturated heterocycles. The van der Waals surface area contributed by atoms with Crippen molar-refractivity contribution >= 4 is 11.6 Å². The van der Waals surface area contributed by atoms with Crippen molar-refractivity contribution in [3.05, 3.63) is 62.8 Å². The molecule has 4 rings (SSSR count). The van der Waals surface area contributed by atoms with Crippen LogP contribution in [0.5, 0.6) is 17.4 Å². The highest BCUT2D eigenvalue weighted by Crippen LogP contribution is 2.39. The van der Waals surface area contributed by atoms with Gasteiger partial charge in [0.25, 0.3) is 5.56 Å². The van der Waals surface area contributed by atoms with Crippen LogP contribution in [0.4, 0.5) is 0 Å². The Kier molecular flexibility index (Phi) is 4.45. The number of amides is 1. The van der Waals surface area contributed by atoms with Crippen LogP contribution in [0.3, 0.4) is 0 Å². The van der Waals surface area contributed by atoms with Crippen molar-refractivity contribution in [1.29, 1.82) is 0 Å². The number of benzene rings is 1. The van der Waals surface area contributed by atoms with E-state index in [0.717, 1.165) is 10.1 Å². The molecule has 0 bridgehead atoms. The summed E-state index contributed by atoms with van der Waals surface area (Å²) >= 11 is 0. The molecule has 2 aliphatic heterocycles. The minimum absolute atomic E-state index is 0.00371. The van der Waals surface area contributed by atoms with Crippen molar-refractivity contribution in [2.45, 2.75) is 25.9 Å². The van der Waals surface area contributed by atoms with Crippen LogP contribution in [0.25, 0.3) is 0 Å². The lowest BCUT2D eigenvalue weighted by Crippen LogP contribution is -2.33. The number of rotatable bonds is 4. The van der Waals surface area contributed by atoms with Gasteiger partial charge < -0.3 is 14.6 Å². The predicted molar refractivity (Wildman–Crippen MR) is 102 cm³/mol. The van der Waals surface area contributed by atoms with Gasteiger partial charge in [-0.3, -0.25) is 19.1 Å². The van der Waals surface area contributed by atoms with Gasteiger partial charge >= 0.3 is 5.69 Å². The fourth-order valence-corrected chi connectivity index (χ4v) is 3.45. The van der Waals surface area contributed by atoms with Crippen molar-refractivity contribution < 1.29 is 19.4 Å². The number of nitrogens with one attached hydrogen (secondary N) is 1. The van der Waals surface area contributed by atoms with E-state index in [2.05, 4.69) is 16.7 Å². The Morgan fingerprint density at radius 2 is 2.14 bits per heavy atom. The summed E-state index contributed by atoms with van der Waals surface area (Å²) in [5.41, 5.74) is -0.759. The third kappa shape index (κ3) is 3.08. The van der Waals surface area contributed by atoms with Crippen LogP contribution in [0.15, 0.2) is 45.5 Å². The van der Waals surface area contributed by atoms with E-state index in [1.807, 2.05) is 0 Å². The Bertz CT molecular complexity index is 1160. The topological polar surface area (TPSA) is 126 Å². The summed E-state index contributed by atoms with van der Waals surface area (Å²) in [6.07, 6.45) is 1.58. The molecule has 0 fully saturated rings. The van der Waals surface area contributed by atoms with Crippen molar-refractivity contribution in [2.24, 2.45) is 5.10 Å². The van der Waals surface area contributed by atoms with E-state index < -0.39 is 23.2 Å². The molecule has 0 radical (unpaired) electrons. The van der Waals surface area contributed by atoms with Gasteiger partial charge in [0.15, 0.2) is 11.5 Å². The number of aromatic nitrogens is 2. The molecule has 0 aliphatic carbocycles. The number of aromatic amines is 1. The van der Waals surface area contributed by atoms with Gasteiger partial charge in [0.05, 0.1) is 11.8 Å². The first-order valence-electron chi connectivity index (χ1n) is 8.85. The van der Waals surface area contributed by atoms with E-state index in [1.54, 1.807) is 18.2 Å². The number of hydrazone groups is 1. The lowest BCUT2D eigenvalue weighted by Gasteiger charge is -2.20. The number of aromatic hydroxyl groups is 1. The summed E-state index contributed by atoms with van der Waals surface area (Å²) in [4.78, 5) is 38.7. The fraction of sp³-hybridized carbons (Fsp3) is 0.263. The van der Waals surface area contributed by atoms with Gasteiger partial charge in [-0.25, -0.2) is 9.80 Å². The van der Waals surface area contributed by atoms with Gasteiger partial charge in [0.2, 0.25) is 18.6 Å². The molecule has 29 heavy (non-hydrogen) atoms. The molecule has 1 aromatic carbocycles. The Morgan fingerprint density at radius 3 is 2.86 bits per heavy atom. The zero-order valence-corrected chi connectivity index (χ0v) is 15.5. The number of allylic oxidation sites excluding steroid dienone is 1. The van der Waals surface area contributed by atoms with E-state index in [9.17, 15) is 19.5 Å². The normalized spacial score (nSPS) is 17.3. The molecule has 10 heteroatoms. The molecule has 3 heterocycles. The molecule has 0 unspecified atom stereocenters. The summed E-state index contributed by atoms with van der Waals surface area (Å²) in [5, 5.41) is 16.0. The molecular weight excluding hydrogens is 380 g/mol. The number of hydrogen-bond acceptors (Lipinski definition) is 7. The minimum atomic E-state index is -0.776. The molecule has 2 N–H and O–H groups in total. The molecule has 2 aliphatic rings. The molecule has 0 spiro atoms. The third-order valence-electron chi connectivity index (χ3n) is 4.79. The second-order valence-corrected chi connectivity index (χ2v) is 6.60. The van der Waals surface area contributed by atoms with E-state index in [-0.39, 0.29) is 36.9 Å². The van der Waals surface area contributed by atoms with Gasteiger partial charge in [-0.2, -0.15) is 5.10 Å². The molecular formula is C19H18N4O6. The van der Waals surface area contributed by atoms with Crippen LogP contribution in [0.2, 0.25) is 0 Å². The van der Waals surface area contributed by atoms with Crippen LogP contribution in [0.1, 0.15) is 30.5 Å². The largest absolute Gasteiger partial charge is 0.494 e. The number of nitrogens with zero attached hydrogens (tertiary/aromatic N) is 3. The maximum Gasteiger partial charge on any atom is 0.331 e. The number of carbonyl (C=O) groups is 1. The number of fused-ring (bicyclic) bond motifs is 1. The molecule has 10 nitrogen and oxygen atoms in total. The number of ether oxygens (including phenoxy) is 2. The number of hydrogen-bond donors (Lipinski definition) is 2. The Balaban J connectivity index is 1.77. The van der Waals surface area contributed by atoms with Gasteiger partial charge in [-0.15, -0.1) is 6.58 Å². The Labute approximate surface area is 164 Å². The van der Waals surface area contributed by atoms with E-state index in [0.29, 0.717) is 11.5 Å². The summed E-state index contributed by atoms with van der Waals surface area (Å²) < 4.78 is 11.7. The van der Waals surface area contributed by atoms with Gasteiger partial charge in [-0.1, -0.05) is 12.1 Å². The molecule has 0 saturated carbocycles. The van der Waals surface area contributed by atoms with Gasteiger partial charge in [-0.05, 0) is 17.7 Å². The Morgan fingerprint density at radius 1 is 1.38 bits per heavy atom. The van der Waals surface area contributed by atoms with E-state index in [1.165, 1.54) is 18.0 Å². The van der Waals surface area contributed by atoms with Gasteiger partial charge in [0, 0.05) is 19.9 Å². The lowest BCUT2D eigenvalue weighted by molar-refractivity contribution is -0.130. The zero-order valence-electron chi connectivity index (χ0n) is 15.5. The van der Waals surface area contributed by atoms with E-state index >= 15 is 0 Å². The first-order valence-corrected chi connectivity index (χ1v) is 8.85. The summed E-state index contributed by atoms with van der Waals surface area (Å²) in [6.45, 7) is 5.02. The van der Waals surface area contributed by atoms with Crippen molar-refractivity contribution in [3.63, 3.8) is 0 Å². The smallest absolute Gasteiger partial charge is 0.331 e. The van der Waals surface area contributed by atoms with Crippen molar-refractivity contribution in [3.8, 4) is 17.4 Å². The summed E-state index contributed by atoms with van der Waals surface area (Å²) in [5.74, 6) is 0.303. The average Bonchev–Trinajstić information content (AvgIpc) is 3.31. The molecule has 2 aromatic rings. The second kappa shape index (κ2) is 6.97. The van der Waals surface area contributed by atoms with Crippen LogP contribution in [-0.4, -0.2) is 38.1 Å². The minimum Gasteiger partial charge on any atom is -0.494 e. The maximum atomic E-state index is 12.4. The highest BCUT2D eigenvalue weighted by molar-refractivity contribution is 6.04. The quantitative estimate of drug-likeness (QED) is 0.736. The predicted octanol–water partition coefficient (Wildman–Crippen LogP) is 0.854. The highest BCUT2D eigenvalue weighted by Gasteiger charge is 2.35. The monoisotopic (exact) mass is 398 g/mol. The highest BCUT2D eigenvalue weighted by atomic mass is 16.7. The first-order chi connectivity index (χ1) is 13.9. The molecule has 1 atom stereocenters. The SMILES string of the molecule is C=CCn1c(O)c(C2=NN(C(C)=O)[C@@H](c3ccc4c(c3)OCO4)C2)c(=O)[nH]c1=O. The van der Waals surface area contributed by atoms with Crippen molar-refractivity contribution in [2.75, 3.05) is 6.79 Å². The maximum absolute atomic E-state index is 12.4. The number of carbonyl (C=O) groups excluding carboxylic acids is 1. The summed E-state index contributed by atoms with van der Waals surface area (Å²) in [6, 6.07) is 4.78. The van der Waals surface area contributed by atoms with Crippen LogP contribution in [0, 0.1) is 0 Å². The van der Waals surface area contributed by atoms with E-state index in [4.69, 9.17) is 9.47 Å². The average molecular weight is 398 g/mol.